The minimum absolute atomic E-state index is 0.0937. The smallest absolute Gasteiger partial charge is 0.191 e. The molecule has 1 aromatic rings. The molecule has 1 heterocycles. The van der Waals surface area contributed by atoms with Gasteiger partial charge in [0.25, 0.3) is 0 Å². The molecule has 0 amide bonds. The second-order valence-corrected chi connectivity index (χ2v) is 3.51. The SMILES string of the molecule is Cc1nc(C(N)C2CCC2)co1. The second-order valence-electron chi connectivity index (χ2n) is 3.51. The van der Waals surface area contributed by atoms with Gasteiger partial charge in [0, 0.05) is 6.92 Å². The third-order valence-electron chi connectivity index (χ3n) is 2.64. The van der Waals surface area contributed by atoms with Gasteiger partial charge in [-0.1, -0.05) is 6.42 Å². The molecule has 0 radical (unpaired) electrons. The molecule has 1 unspecified atom stereocenters. The van der Waals surface area contributed by atoms with Crippen molar-refractivity contribution >= 4 is 0 Å². The van der Waals surface area contributed by atoms with Crippen LogP contribution in [0.4, 0.5) is 0 Å². The molecule has 1 aromatic heterocycles. The highest BCUT2D eigenvalue weighted by Gasteiger charge is 2.27. The van der Waals surface area contributed by atoms with Crippen molar-refractivity contribution in [1.29, 1.82) is 0 Å². The molecule has 0 aliphatic heterocycles. The lowest BCUT2D eigenvalue weighted by molar-refractivity contribution is 0.261. The van der Waals surface area contributed by atoms with Crippen LogP contribution in [-0.2, 0) is 0 Å². The van der Waals surface area contributed by atoms with Gasteiger partial charge in [-0.2, -0.15) is 0 Å². The quantitative estimate of drug-likeness (QED) is 0.728. The maximum atomic E-state index is 5.99. The van der Waals surface area contributed by atoms with E-state index in [2.05, 4.69) is 4.98 Å². The van der Waals surface area contributed by atoms with E-state index in [1.807, 2.05) is 6.92 Å². The van der Waals surface area contributed by atoms with Crippen molar-refractivity contribution in [1.82, 2.24) is 4.98 Å². The van der Waals surface area contributed by atoms with E-state index in [1.165, 1.54) is 19.3 Å². The van der Waals surface area contributed by atoms with Crippen molar-refractivity contribution in [2.45, 2.75) is 32.2 Å². The monoisotopic (exact) mass is 166 g/mol. The minimum Gasteiger partial charge on any atom is -0.449 e. The highest BCUT2D eigenvalue weighted by molar-refractivity contribution is 5.04. The molecule has 3 heteroatoms. The molecule has 1 saturated carbocycles. The predicted molar refractivity (Wildman–Crippen MR) is 45.5 cm³/mol. The fraction of sp³-hybridized carbons (Fsp3) is 0.667. The molecule has 66 valence electrons. The lowest BCUT2D eigenvalue weighted by Gasteiger charge is -2.29. The average Bonchev–Trinajstić information content (AvgIpc) is 2.31. The van der Waals surface area contributed by atoms with Crippen LogP contribution in [-0.4, -0.2) is 4.98 Å². The Morgan fingerprint density at radius 3 is 2.83 bits per heavy atom. The Morgan fingerprint density at radius 2 is 2.42 bits per heavy atom. The van der Waals surface area contributed by atoms with Gasteiger partial charge in [0.05, 0.1) is 11.7 Å². The van der Waals surface area contributed by atoms with Crippen LogP contribution in [0.5, 0.6) is 0 Å². The van der Waals surface area contributed by atoms with Crippen molar-refractivity contribution < 1.29 is 4.42 Å². The number of rotatable bonds is 2. The predicted octanol–water partition coefficient (Wildman–Crippen LogP) is 1.78. The summed E-state index contributed by atoms with van der Waals surface area (Å²) in [5.74, 6) is 1.34. The first-order valence-electron chi connectivity index (χ1n) is 4.45. The van der Waals surface area contributed by atoms with E-state index in [4.69, 9.17) is 10.2 Å². The summed E-state index contributed by atoms with van der Waals surface area (Å²) in [5.41, 5.74) is 6.91. The lowest BCUT2D eigenvalue weighted by atomic mass is 9.79. The Morgan fingerprint density at radius 1 is 1.67 bits per heavy atom. The number of nitrogens with two attached hydrogens (primary N) is 1. The summed E-state index contributed by atoms with van der Waals surface area (Å²) < 4.78 is 5.11. The number of oxazole rings is 1. The normalized spacial score (nSPS) is 20.5. The van der Waals surface area contributed by atoms with Crippen LogP contribution < -0.4 is 5.73 Å². The molecule has 1 aliphatic rings. The van der Waals surface area contributed by atoms with E-state index in [0.29, 0.717) is 11.8 Å². The van der Waals surface area contributed by atoms with Gasteiger partial charge in [0.1, 0.15) is 6.26 Å². The van der Waals surface area contributed by atoms with E-state index in [0.717, 1.165) is 5.69 Å². The number of hydrogen-bond donors (Lipinski definition) is 1. The van der Waals surface area contributed by atoms with Gasteiger partial charge in [-0.3, -0.25) is 0 Å². The second kappa shape index (κ2) is 2.90. The number of nitrogens with zero attached hydrogens (tertiary/aromatic N) is 1. The summed E-state index contributed by atoms with van der Waals surface area (Å²) in [5, 5.41) is 0. The van der Waals surface area contributed by atoms with Gasteiger partial charge in [0.2, 0.25) is 0 Å². The van der Waals surface area contributed by atoms with Crippen LogP contribution in [0.3, 0.4) is 0 Å². The van der Waals surface area contributed by atoms with Gasteiger partial charge in [-0.15, -0.1) is 0 Å². The van der Waals surface area contributed by atoms with E-state index in [9.17, 15) is 0 Å². The molecule has 0 aromatic carbocycles. The molecule has 3 nitrogen and oxygen atoms in total. The largest absolute Gasteiger partial charge is 0.449 e. The molecule has 2 rings (SSSR count). The average molecular weight is 166 g/mol. The van der Waals surface area contributed by atoms with Crippen LogP contribution in [0.2, 0.25) is 0 Å². The fourth-order valence-electron chi connectivity index (χ4n) is 1.57. The molecule has 1 atom stereocenters. The van der Waals surface area contributed by atoms with Crippen LogP contribution >= 0.6 is 0 Å². The van der Waals surface area contributed by atoms with E-state index < -0.39 is 0 Å². The molecular weight excluding hydrogens is 152 g/mol. The topological polar surface area (TPSA) is 52.0 Å². The van der Waals surface area contributed by atoms with Crippen molar-refractivity contribution in [2.24, 2.45) is 11.7 Å². The summed E-state index contributed by atoms with van der Waals surface area (Å²) in [4.78, 5) is 4.22. The molecule has 0 bridgehead atoms. The first-order valence-corrected chi connectivity index (χ1v) is 4.45. The number of aromatic nitrogens is 1. The lowest BCUT2D eigenvalue weighted by Crippen LogP contribution is -2.27. The van der Waals surface area contributed by atoms with Crippen molar-refractivity contribution in [3.05, 3.63) is 17.8 Å². The summed E-state index contributed by atoms with van der Waals surface area (Å²) >= 11 is 0. The third kappa shape index (κ3) is 1.25. The zero-order valence-electron chi connectivity index (χ0n) is 7.29. The first-order chi connectivity index (χ1) is 5.77. The van der Waals surface area contributed by atoms with Crippen molar-refractivity contribution in [2.75, 3.05) is 0 Å². The molecule has 12 heavy (non-hydrogen) atoms. The van der Waals surface area contributed by atoms with Gasteiger partial charge in [-0.25, -0.2) is 4.98 Å². The Bertz CT molecular complexity index is 265. The molecule has 1 fully saturated rings. The molecule has 1 aliphatic carbocycles. The standard InChI is InChI=1S/C9H14N2O/c1-6-11-8(5-12-6)9(10)7-3-2-4-7/h5,7,9H,2-4,10H2,1H3. The van der Waals surface area contributed by atoms with E-state index in [1.54, 1.807) is 6.26 Å². The van der Waals surface area contributed by atoms with Crippen LogP contribution in [0.1, 0.15) is 36.9 Å². The molecule has 0 saturated heterocycles. The molecular formula is C9H14N2O. The number of aryl methyl sites for hydroxylation is 1. The highest BCUT2D eigenvalue weighted by Crippen LogP contribution is 2.35. The Balaban J connectivity index is 2.08. The van der Waals surface area contributed by atoms with E-state index >= 15 is 0 Å². The zero-order chi connectivity index (χ0) is 8.55. The maximum Gasteiger partial charge on any atom is 0.191 e. The van der Waals surface area contributed by atoms with Crippen LogP contribution in [0, 0.1) is 12.8 Å². The highest BCUT2D eigenvalue weighted by atomic mass is 16.3. The van der Waals surface area contributed by atoms with Crippen molar-refractivity contribution in [3.63, 3.8) is 0 Å². The zero-order valence-corrected chi connectivity index (χ0v) is 7.29. The van der Waals surface area contributed by atoms with Gasteiger partial charge in [-0.05, 0) is 18.8 Å². The first kappa shape index (κ1) is 7.80. The van der Waals surface area contributed by atoms with Gasteiger partial charge in [0.15, 0.2) is 5.89 Å². The van der Waals surface area contributed by atoms with Crippen LogP contribution in [0.25, 0.3) is 0 Å². The Labute approximate surface area is 72.0 Å². The summed E-state index contributed by atoms with van der Waals surface area (Å²) in [7, 11) is 0. The summed E-state index contributed by atoms with van der Waals surface area (Å²) in [6, 6.07) is 0.0937. The number of hydrogen-bond acceptors (Lipinski definition) is 3. The Kier molecular flexibility index (Phi) is 1.89. The third-order valence-corrected chi connectivity index (χ3v) is 2.64. The maximum absolute atomic E-state index is 5.99. The van der Waals surface area contributed by atoms with E-state index in [-0.39, 0.29) is 6.04 Å². The Hall–Kier alpha value is -0.830. The van der Waals surface area contributed by atoms with Gasteiger partial charge < -0.3 is 10.2 Å². The molecule has 2 N–H and O–H groups in total. The van der Waals surface area contributed by atoms with Gasteiger partial charge >= 0.3 is 0 Å². The van der Waals surface area contributed by atoms with Crippen LogP contribution in [0.15, 0.2) is 10.7 Å². The van der Waals surface area contributed by atoms with Crippen molar-refractivity contribution in [3.8, 4) is 0 Å². The summed E-state index contributed by atoms with van der Waals surface area (Å²) in [6.45, 7) is 1.84. The minimum atomic E-state index is 0.0937. The molecule has 0 spiro atoms. The summed E-state index contributed by atoms with van der Waals surface area (Å²) in [6.07, 6.45) is 5.48. The fourth-order valence-corrected chi connectivity index (χ4v) is 1.57.